The summed E-state index contributed by atoms with van der Waals surface area (Å²) in [5.41, 5.74) is 1.10. The van der Waals surface area contributed by atoms with E-state index in [-0.39, 0.29) is 0 Å². The Kier molecular flexibility index (Phi) is 2.88. The fraction of sp³-hybridized carbons (Fsp3) is 0.364. The monoisotopic (exact) mass is 269 g/mol. The third-order valence-corrected chi connectivity index (χ3v) is 3.68. The molecule has 14 heavy (non-hydrogen) atoms. The van der Waals surface area contributed by atoms with Crippen molar-refractivity contribution in [3.8, 4) is 0 Å². The normalized spacial score (nSPS) is 11.4. The third-order valence-electron chi connectivity index (χ3n) is 2.00. The summed E-state index contributed by atoms with van der Waals surface area (Å²) in [5.74, 6) is 0.675. The molecule has 74 valence electrons. The van der Waals surface area contributed by atoms with E-state index in [9.17, 15) is 0 Å². The fourth-order valence-corrected chi connectivity index (χ4v) is 3.19. The van der Waals surface area contributed by atoms with Crippen molar-refractivity contribution in [2.24, 2.45) is 5.92 Å². The summed E-state index contributed by atoms with van der Waals surface area (Å²) >= 11 is 5.32. The third kappa shape index (κ3) is 1.98. The summed E-state index contributed by atoms with van der Waals surface area (Å²) in [6, 6.07) is 6.23. The van der Waals surface area contributed by atoms with Crippen LogP contribution in [0.3, 0.4) is 0 Å². The summed E-state index contributed by atoms with van der Waals surface area (Å²) in [6.45, 7) is 4.45. The summed E-state index contributed by atoms with van der Waals surface area (Å²) in [6.07, 6.45) is 1.08. The molecule has 0 unspecified atom stereocenters. The molecule has 0 bridgehead atoms. The van der Waals surface area contributed by atoms with Crippen LogP contribution >= 0.6 is 27.3 Å². The lowest BCUT2D eigenvalue weighted by Crippen LogP contribution is -1.92. The summed E-state index contributed by atoms with van der Waals surface area (Å²) in [4.78, 5) is 4.62. The van der Waals surface area contributed by atoms with E-state index in [0.29, 0.717) is 5.92 Å². The second-order valence-electron chi connectivity index (χ2n) is 3.79. The van der Waals surface area contributed by atoms with Crippen molar-refractivity contribution in [2.75, 3.05) is 0 Å². The maximum Gasteiger partial charge on any atom is 0.0957 e. The molecule has 0 amide bonds. The van der Waals surface area contributed by atoms with Gasteiger partial charge >= 0.3 is 0 Å². The molecule has 0 saturated carbocycles. The topological polar surface area (TPSA) is 12.9 Å². The highest BCUT2D eigenvalue weighted by atomic mass is 79.9. The zero-order valence-electron chi connectivity index (χ0n) is 8.25. The van der Waals surface area contributed by atoms with Crippen LogP contribution in [0.4, 0.5) is 0 Å². The van der Waals surface area contributed by atoms with Gasteiger partial charge in [0.05, 0.1) is 15.2 Å². The van der Waals surface area contributed by atoms with Gasteiger partial charge in [-0.25, -0.2) is 4.98 Å². The first-order valence-corrected chi connectivity index (χ1v) is 6.31. The number of fused-ring (bicyclic) bond motifs is 1. The van der Waals surface area contributed by atoms with E-state index >= 15 is 0 Å². The van der Waals surface area contributed by atoms with Gasteiger partial charge in [-0.2, -0.15) is 0 Å². The van der Waals surface area contributed by atoms with E-state index in [4.69, 9.17) is 0 Å². The van der Waals surface area contributed by atoms with Gasteiger partial charge < -0.3 is 0 Å². The number of hydrogen-bond acceptors (Lipinski definition) is 2. The standard InChI is InChI=1S/C11H12BrNS/c1-7(2)6-10-13-11-8(12)4-3-5-9(11)14-10/h3-5,7H,6H2,1-2H3. The van der Waals surface area contributed by atoms with Crippen molar-refractivity contribution in [1.29, 1.82) is 0 Å². The number of hydrogen-bond donors (Lipinski definition) is 0. The van der Waals surface area contributed by atoms with Crippen LogP contribution < -0.4 is 0 Å². The van der Waals surface area contributed by atoms with Gasteiger partial charge in [-0.15, -0.1) is 11.3 Å². The molecule has 1 aromatic heterocycles. The highest BCUT2D eigenvalue weighted by Crippen LogP contribution is 2.29. The minimum absolute atomic E-state index is 0.675. The highest BCUT2D eigenvalue weighted by Gasteiger charge is 2.07. The number of nitrogens with zero attached hydrogens (tertiary/aromatic N) is 1. The van der Waals surface area contributed by atoms with Gasteiger partial charge in [0.15, 0.2) is 0 Å². The number of para-hydroxylation sites is 1. The highest BCUT2D eigenvalue weighted by molar-refractivity contribution is 9.10. The first-order chi connectivity index (χ1) is 6.66. The Morgan fingerprint density at radius 3 is 2.86 bits per heavy atom. The van der Waals surface area contributed by atoms with Crippen LogP contribution in [0.1, 0.15) is 18.9 Å². The van der Waals surface area contributed by atoms with E-state index in [0.717, 1.165) is 16.4 Å². The molecule has 3 heteroatoms. The molecule has 0 aliphatic rings. The Morgan fingerprint density at radius 2 is 2.21 bits per heavy atom. The second kappa shape index (κ2) is 3.99. The van der Waals surface area contributed by atoms with Crippen LogP contribution in [0, 0.1) is 5.92 Å². The molecule has 0 N–H and O–H groups in total. The van der Waals surface area contributed by atoms with Gasteiger partial charge in [0, 0.05) is 10.9 Å². The lowest BCUT2D eigenvalue weighted by molar-refractivity contribution is 0.645. The fourth-order valence-electron chi connectivity index (χ4n) is 1.40. The second-order valence-corrected chi connectivity index (χ2v) is 5.76. The lowest BCUT2D eigenvalue weighted by Gasteiger charge is -1.97. The Bertz CT molecular complexity index is 447. The molecule has 2 rings (SSSR count). The zero-order valence-corrected chi connectivity index (χ0v) is 10.7. The minimum Gasteiger partial charge on any atom is -0.240 e. The average Bonchev–Trinajstić information content (AvgIpc) is 2.47. The van der Waals surface area contributed by atoms with Crippen molar-refractivity contribution in [3.05, 3.63) is 27.7 Å². The van der Waals surface area contributed by atoms with Gasteiger partial charge in [-0.3, -0.25) is 0 Å². The summed E-state index contributed by atoms with van der Waals surface area (Å²) < 4.78 is 2.37. The van der Waals surface area contributed by atoms with Crippen molar-refractivity contribution < 1.29 is 0 Å². The van der Waals surface area contributed by atoms with Crippen LogP contribution in [0.2, 0.25) is 0 Å². The smallest absolute Gasteiger partial charge is 0.0957 e. The SMILES string of the molecule is CC(C)Cc1nc2c(Br)cccc2s1. The Morgan fingerprint density at radius 1 is 1.43 bits per heavy atom. The first kappa shape index (κ1) is 10.1. The van der Waals surface area contributed by atoms with Crippen LogP contribution in [-0.4, -0.2) is 4.98 Å². The van der Waals surface area contributed by atoms with Crippen molar-refractivity contribution >= 4 is 37.5 Å². The average molecular weight is 270 g/mol. The van der Waals surface area contributed by atoms with E-state index in [1.165, 1.54) is 9.71 Å². The molecule has 0 spiro atoms. The minimum atomic E-state index is 0.675. The van der Waals surface area contributed by atoms with E-state index in [1.807, 2.05) is 6.07 Å². The van der Waals surface area contributed by atoms with Gasteiger partial charge in [-0.1, -0.05) is 19.9 Å². The largest absolute Gasteiger partial charge is 0.240 e. The molecular weight excluding hydrogens is 258 g/mol. The van der Waals surface area contributed by atoms with E-state index < -0.39 is 0 Å². The van der Waals surface area contributed by atoms with E-state index in [2.05, 4.69) is 46.9 Å². The number of rotatable bonds is 2. The molecule has 0 fully saturated rings. The molecular formula is C11H12BrNS. The zero-order chi connectivity index (χ0) is 10.1. The van der Waals surface area contributed by atoms with Crippen LogP contribution in [0.5, 0.6) is 0 Å². The van der Waals surface area contributed by atoms with Gasteiger partial charge in [0.2, 0.25) is 0 Å². The molecule has 2 aromatic rings. The first-order valence-electron chi connectivity index (χ1n) is 4.70. The molecule has 1 aromatic carbocycles. The Balaban J connectivity index is 2.46. The molecule has 1 heterocycles. The molecule has 1 nitrogen and oxygen atoms in total. The predicted molar refractivity (Wildman–Crippen MR) is 65.9 cm³/mol. The quantitative estimate of drug-likeness (QED) is 0.794. The van der Waals surface area contributed by atoms with Crippen LogP contribution in [-0.2, 0) is 6.42 Å². The molecule has 0 saturated heterocycles. The van der Waals surface area contributed by atoms with Crippen molar-refractivity contribution in [1.82, 2.24) is 4.98 Å². The predicted octanol–water partition coefficient (Wildman–Crippen LogP) is 4.26. The number of halogens is 1. The Labute approximate surface area is 96.3 Å². The molecule has 0 aliphatic heterocycles. The molecule has 0 radical (unpaired) electrons. The van der Waals surface area contributed by atoms with Crippen molar-refractivity contribution in [2.45, 2.75) is 20.3 Å². The van der Waals surface area contributed by atoms with E-state index in [1.54, 1.807) is 11.3 Å². The van der Waals surface area contributed by atoms with Crippen LogP contribution in [0.15, 0.2) is 22.7 Å². The van der Waals surface area contributed by atoms with Gasteiger partial charge in [0.25, 0.3) is 0 Å². The number of thiazole rings is 1. The lowest BCUT2D eigenvalue weighted by atomic mass is 10.1. The maximum absolute atomic E-state index is 4.62. The van der Waals surface area contributed by atoms with Crippen molar-refractivity contribution in [3.63, 3.8) is 0 Å². The van der Waals surface area contributed by atoms with Gasteiger partial charge in [-0.05, 0) is 34.0 Å². The maximum atomic E-state index is 4.62. The number of benzene rings is 1. The summed E-state index contributed by atoms with van der Waals surface area (Å²) in [5, 5.41) is 1.24. The molecule has 0 atom stereocenters. The Hall–Kier alpha value is -0.410. The van der Waals surface area contributed by atoms with Crippen LogP contribution in [0.25, 0.3) is 10.2 Å². The summed E-state index contributed by atoms with van der Waals surface area (Å²) in [7, 11) is 0. The molecule has 0 aliphatic carbocycles. The van der Waals surface area contributed by atoms with Gasteiger partial charge in [0.1, 0.15) is 0 Å². The number of aromatic nitrogens is 1.